The van der Waals surface area contributed by atoms with E-state index in [0.717, 1.165) is 23.4 Å². The second kappa shape index (κ2) is 7.87. The van der Waals surface area contributed by atoms with Gasteiger partial charge in [-0.1, -0.05) is 41.7 Å². The normalized spacial score (nSPS) is 16.4. The number of thiazole rings is 1. The van der Waals surface area contributed by atoms with E-state index in [2.05, 4.69) is 10.1 Å². The van der Waals surface area contributed by atoms with E-state index < -0.39 is 12.0 Å². The lowest BCUT2D eigenvalue weighted by Gasteiger charge is -2.24. The quantitative estimate of drug-likeness (QED) is 0.602. The molecule has 1 unspecified atom stereocenters. The van der Waals surface area contributed by atoms with Gasteiger partial charge in [0, 0.05) is 18.3 Å². The van der Waals surface area contributed by atoms with Crippen LogP contribution in [0.25, 0.3) is 6.08 Å². The van der Waals surface area contributed by atoms with Crippen LogP contribution in [0, 0.1) is 6.92 Å². The van der Waals surface area contributed by atoms with E-state index in [1.54, 1.807) is 11.5 Å². The molecule has 0 fully saturated rings. The monoisotopic (exact) mass is 422 g/mol. The van der Waals surface area contributed by atoms with Gasteiger partial charge in [-0.2, -0.15) is 5.10 Å². The Hall–Kier alpha value is -3.26. The predicted molar refractivity (Wildman–Crippen MR) is 115 cm³/mol. The Morgan fingerprint density at radius 1 is 1.27 bits per heavy atom. The van der Waals surface area contributed by atoms with Gasteiger partial charge in [0.1, 0.15) is 0 Å². The van der Waals surface area contributed by atoms with Crippen molar-refractivity contribution < 1.29 is 9.53 Å². The maximum Gasteiger partial charge on any atom is 0.338 e. The molecule has 1 aliphatic heterocycles. The number of methoxy groups -OCH3 is 1. The highest BCUT2D eigenvalue weighted by atomic mass is 32.1. The summed E-state index contributed by atoms with van der Waals surface area (Å²) in [5.74, 6) is -0.487. The van der Waals surface area contributed by atoms with Crippen LogP contribution in [0.4, 0.5) is 0 Å². The Morgan fingerprint density at radius 3 is 2.63 bits per heavy atom. The minimum atomic E-state index is -0.587. The summed E-state index contributed by atoms with van der Waals surface area (Å²) in [6.45, 7) is 6.46. The molecule has 0 amide bonds. The zero-order valence-electron chi connectivity index (χ0n) is 17.2. The van der Waals surface area contributed by atoms with Crippen molar-refractivity contribution in [2.24, 2.45) is 4.99 Å². The van der Waals surface area contributed by atoms with Gasteiger partial charge < -0.3 is 4.74 Å². The highest BCUT2D eigenvalue weighted by Crippen LogP contribution is 2.30. The molecule has 2 aromatic heterocycles. The molecule has 30 heavy (non-hydrogen) atoms. The van der Waals surface area contributed by atoms with Gasteiger partial charge >= 0.3 is 5.97 Å². The molecule has 1 aliphatic rings. The van der Waals surface area contributed by atoms with Crippen molar-refractivity contribution in [3.8, 4) is 0 Å². The van der Waals surface area contributed by atoms with Crippen LogP contribution in [0.2, 0.25) is 0 Å². The third-order valence-corrected chi connectivity index (χ3v) is 6.12. The Bertz CT molecular complexity index is 1330. The number of carbonyl (C=O) groups is 1. The highest BCUT2D eigenvalue weighted by molar-refractivity contribution is 7.07. The molecule has 3 heterocycles. The van der Waals surface area contributed by atoms with Crippen molar-refractivity contribution in [3.05, 3.63) is 84.3 Å². The molecule has 4 rings (SSSR count). The second-order valence-corrected chi connectivity index (χ2v) is 8.02. The van der Waals surface area contributed by atoms with Crippen LogP contribution in [0.5, 0.6) is 0 Å². The van der Waals surface area contributed by atoms with Crippen molar-refractivity contribution in [2.45, 2.75) is 33.4 Å². The van der Waals surface area contributed by atoms with Crippen molar-refractivity contribution in [3.63, 3.8) is 0 Å². The first-order valence-corrected chi connectivity index (χ1v) is 10.5. The summed E-state index contributed by atoms with van der Waals surface area (Å²) in [6.07, 6.45) is 3.77. The number of carbonyl (C=O) groups excluding carboxylic acids is 1. The summed E-state index contributed by atoms with van der Waals surface area (Å²) in [4.78, 5) is 31.1. The number of rotatable bonds is 4. The Labute approximate surface area is 177 Å². The standard InChI is InChI=1S/C22H22N4O3S/c1-5-25-12-16(13(2)24-25)11-17-20(27)26-19(15-9-7-6-8-10-15)18(21(28)29-4)14(3)23-22(26)30-17/h6-12,19H,5H2,1-4H3/b17-11+. The van der Waals surface area contributed by atoms with Gasteiger partial charge in [0.15, 0.2) is 4.80 Å². The number of esters is 1. The number of fused-ring (bicyclic) bond motifs is 1. The number of aryl methyl sites for hydroxylation is 2. The molecule has 7 nitrogen and oxygen atoms in total. The lowest BCUT2D eigenvalue weighted by atomic mass is 9.96. The molecular weight excluding hydrogens is 400 g/mol. The highest BCUT2D eigenvalue weighted by Gasteiger charge is 2.32. The average molecular weight is 423 g/mol. The maximum absolute atomic E-state index is 13.4. The van der Waals surface area contributed by atoms with E-state index in [9.17, 15) is 9.59 Å². The van der Waals surface area contributed by atoms with Gasteiger partial charge in [-0.25, -0.2) is 9.79 Å². The van der Waals surface area contributed by atoms with E-state index in [1.807, 2.05) is 61.1 Å². The molecule has 154 valence electrons. The van der Waals surface area contributed by atoms with Gasteiger partial charge in [-0.15, -0.1) is 0 Å². The minimum absolute atomic E-state index is 0.190. The number of benzene rings is 1. The van der Waals surface area contributed by atoms with Gasteiger partial charge in [0.05, 0.1) is 34.6 Å². The average Bonchev–Trinajstić information content (AvgIpc) is 3.26. The lowest BCUT2D eigenvalue weighted by Crippen LogP contribution is -2.39. The number of ether oxygens (including phenoxy) is 1. The lowest BCUT2D eigenvalue weighted by molar-refractivity contribution is -0.136. The summed E-state index contributed by atoms with van der Waals surface area (Å²) < 4.78 is 8.99. The third kappa shape index (κ3) is 3.33. The fraction of sp³-hybridized carbons (Fsp3) is 0.273. The molecule has 0 saturated heterocycles. The van der Waals surface area contributed by atoms with Crippen LogP contribution < -0.4 is 14.9 Å². The van der Waals surface area contributed by atoms with Gasteiger partial charge in [-0.3, -0.25) is 14.0 Å². The van der Waals surface area contributed by atoms with Crippen LogP contribution in [-0.4, -0.2) is 27.4 Å². The Balaban J connectivity index is 1.97. The van der Waals surface area contributed by atoms with E-state index in [-0.39, 0.29) is 5.56 Å². The van der Waals surface area contributed by atoms with E-state index >= 15 is 0 Å². The van der Waals surface area contributed by atoms with Crippen LogP contribution in [0.15, 0.2) is 57.6 Å². The van der Waals surface area contributed by atoms with Crippen molar-refractivity contribution in [1.29, 1.82) is 0 Å². The Morgan fingerprint density at radius 2 is 2.00 bits per heavy atom. The zero-order chi connectivity index (χ0) is 21.4. The molecule has 0 radical (unpaired) electrons. The molecule has 0 aliphatic carbocycles. The summed E-state index contributed by atoms with van der Waals surface area (Å²) in [5, 5.41) is 4.45. The first-order valence-electron chi connectivity index (χ1n) is 9.64. The summed E-state index contributed by atoms with van der Waals surface area (Å²) in [7, 11) is 1.34. The van der Waals surface area contributed by atoms with Crippen LogP contribution in [0.1, 0.15) is 36.7 Å². The number of aromatic nitrogens is 3. The summed E-state index contributed by atoms with van der Waals surface area (Å²) in [6, 6.07) is 8.89. The van der Waals surface area contributed by atoms with Crippen LogP contribution in [0.3, 0.4) is 0 Å². The summed E-state index contributed by atoms with van der Waals surface area (Å²) in [5.41, 5.74) is 3.31. The third-order valence-electron chi connectivity index (χ3n) is 5.14. The molecule has 1 aromatic carbocycles. The molecule has 1 atom stereocenters. The number of hydrogen-bond donors (Lipinski definition) is 0. The molecule has 0 bridgehead atoms. The SMILES string of the molecule is CCn1cc(/C=c2/sc3n(c2=O)C(c2ccccc2)C(C(=O)OC)=C(C)N=3)c(C)n1. The van der Waals surface area contributed by atoms with Crippen molar-refractivity contribution >= 4 is 23.4 Å². The molecule has 8 heteroatoms. The van der Waals surface area contributed by atoms with Crippen LogP contribution in [-0.2, 0) is 16.1 Å². The summed E-state index contributed by atoms with van der Waals surface area (Å²) >= 11 is 1.31. The van der Waals surface area contributed by atoms with Crippen molar-refractivity contribution in [2.75, 3.05) is 7.11 Å². The minimum Gasteiger partial charge on any atom is -0.466 e. The molecule has 0 N–H and O–H groups in total. The maximum atomic E-state index is 13.4. The topological polar surface area (TPSA) is 78.5 Å². The predicted octanol–water partition coefficient (Wildman–Crippen LogP) is 1.93. The first kappa shape index (κ1) is 20.0. The smallest absolute Gasteiger partial charge is 0.338 e. The van der Waals surface area contributed by atoms with Crippen LogP contribution >= 0.6 is 11.3 Å². The van der Waals surface area contributed by atoms with Gasteiger partial charge in [0.2, 0.25) is 0 Å². The second-order valence-electron chi connectivity index (χ2n) is 7.01. The largest absolute Gasteiger partial charge is 0.466 e. The van der Waals surface area contributed by atoms with E-state index in [4.69, 9.17) is 4.74 Å². The molecule has 0 saturated carbocycles. The molecule has 0 spiro atoms. The molecular formula is C22H22N4O3S. The van der Waals surface area contributed by atoms with E-state index in [0.29, 0.717) is 20.6 Å². The Kier molecular flexibility index (Phi) is 5.26. The fourth-order valence-electron chi connectivity index (χ4n) is 3.62. The van der Waals surface area contributed by atoms with Gasteiger partial charge in [0.25, 0.3) is 5.56 Å². The molecule has 3 aromatic rings. The number of hydrogen-bond acceptors (Lipinski definition) is 6. The fourth-order valence-corrected chi connectivity index (χ4v) is 4.66. The van der Waals surface area contributed by atoms with E-state index in [1.165, 1.54) is 18.4 Å². The number of nitrogens with zero attached hydrogens (tertiary/aromatic N) is 4. The number of allylic oxidation sites excluding steroid dienone is 1. The zero-order valence-corrected chi connectivity index (χ0v) is 18.1. The first-order chi connectivity index (χ1) is 14.4. The van der Waals surface area contributed by atoms with Crippen molar-refractivity contribution in [1.82, 2.24) is 14.3 Å². The van der Waals surface area contributed by atoms with Gasteiger partial charge in [-0.05, 0) is 32.4 Å².